The Labute approximate surface area is 91.9 Å². The topological polar surface area (TPSA) is 69.9 Å². The lowest BCUT2D eigenvalue weighted by Gasteiger charge is -2.06. The minimum Gasteiger partial charge on any atom is -0.464 e. The van der Waals surface area contributed by atoms with E-state index in [-0.39, 0.29) is 5.69 Å². The van der Waals surface area contributed by atoms with E-state index in [1.807, 2.05) is 0 Å². The fourth-order valence-electron chi connectivity index (χ4n) is 1.31. The molecule has 0 unspecified atom stereocenters. The van der Waals surface area contributed by atoms with E-state index < -0.39 is 5.97 Å². The number of ether oxygens (including phenoxy) is 1. The van der Waals surface area contributed by atoms with Crippen molar-refractivity contribution in [1.29, 1.82) is 0 Å². The summed E-state index contributed by atoms with van der Waals surface area (Å²) in [6.45, 7) is 1.80. The number of carbonyl (C=O) groups is 1. The van der Waals surface area contributed by atoms with Gasteiger partial charge in [-0.3, -0.25) is 0 Å². The minimum atomic E-state index is -0.491. The summed E-state index contributed by atoms with van der Waals surface area (Å²) in [4.78, 5) is 19.5. The lowest BCUT2D eigenvalue weighted by Crippen LogP contribution is -2.11. The zero-order valence-corrected chi connectivity index (χ0v) is 8.91. The van der Waals surface area contributed by atoms with E-state index in [4.69, 9.17) is 0 Å². The summed E-state index contributed by atoms with van der Waals surface area (Å²) >= 11 is 0. The van der Waals surface area contributed by atoms with Crippen LogP contribution in [0.3, 0.4) is 0 Å². The van der Waals surface area contributed by atoms with Gasteiger partial charge in [0.15, 0.2) is 5.69 Å². The Balaban J connectivity index is 2.57. The Kier molecular flexibility index (Phi) is 2.63. The van der Waals surface area contributed by atoms with Gasteiger partial charge in [0, 0.05) is 5.69 Å². The SMILES string of the molecule is COC(=O)c1nc(C)ccc1-n1cncn1. The normalized spacial score (nSPS) is 10.1. The molecule has 0 radical (unpaired) electrons. The Bertz CT molecular complexity index is 508. The van der Waals surface area contributed by atoms with Crippen molar-refractivity contribution in [2.75, 3.05) is 7.11 Å². The molecule has 0 N–H and O–H groups in total. The molecule has 0 saturated carbocycles. The monoisotopic (exact) mass is 218 g/mol. The molecular formula is C10H10N4O2. The highest BCUT2D eigenvalue weighted by Gasteiger charge is 2.15. The number of nitrogens with zero attached hydrogens (tertiary/aromatic N) is 4. The molecule has 0 amide bonds. The first kappa shape index (κ1) is 10.3. The molecule has 6 nitrogen and oxygen atoms in total. The van der Waals surface area contributed by atoms with Gasteiger partial charge in [-0.25, -0.2) is 19.4 Å². The van der Waals surface area contributed by atoms with E-state index in [1.54, 1.807) is 19.1 Å². The van der Waals surface area contributed by atoms with Crippen LogP contribution in [0, 0.1) is 6.92 Å². The summed E-state index contributed by atoms with van der Waals surface area (Å²) < 4.78 is 6.14. The van der Waals surface area contributed by atoms with Gasteiger partial charge in [-0.2, -0.15) is 5.10 Å². The molecule has 0 aliphatic carbocycles. The van der Waals surface area contributed by atoms with E-state index >= 15 is 0 Å². The van der Waals surface area contributed by atoms with Crippen LogP contribution in [0.4, 0.5) is 0 Å². The molecular weight excluding hydrogens is 208 g/mol. The fourth-order valence-corrected chi connectivity index (χ4v) is 1.31. The molecule has 0 aliphatic rings. The van der Waals surface area contributed by atoms with Gasteiger partial charge >= 0.3 is 5.97 Å². The largest absolute Gasteiger partial charge is 0.464 e. The van der Waals surface area contributed by atoms with E-state index in [0.29, 0.717) is 5.69 Å². The Morgan fingerprint density at radius 2 is 2.25 bits per heavy atom. The van der Waals surface area contributed by atoms with Gasteiger partial charge in [-0.05, 0) is 19.1 Å². The molecule has 2 aromatic heterocycles. The smallest absolute Gasteiger partial charge is 0.358 e. The number of esters is 1. The third-order valence-corrected chi connectivity index (χ3v) is 2.06. The van der Waals surface area contributed by atoms with Crippen molar-refractivity contribution in [1.82, 2.24) is 19.7 Å². The molecule has 82 valence electrons. The number of pyridine rings is 1. The molecule has 0 fully saturated rings. The van der Waals surface area contributed by atoms with Crippen LogP contribution in [-0.4, -0.2) is 32.8 Å². The maximum atomic E-state index is 11.5. The summed E-state index contributed by atoms with van der Waals surface area (Å²) in [5, 5.41) is 3.95. The summed E-state index contributed by atoms with van der Waals surface area (Å²) in [5.74, 6) is -0.491. The van der Waals surface area contributed by atoms with Crippen LogP contribution >= 0.6 is 0 Å². The van der Waals surface area contributed by atoms with Gasteiger partial charge < -0.3 is 4.74 Å². The molecule has 0 saturated heterocycles. The van der Waals surface area contributed by atoms with Crippen LogP contribution in [0.1, 0.15) is 16.2 Å². The summed E-state index contributed by atoms with van der Waals surface area (Å²) in [6, 6.07) is 3.55. The molecule has 0 spiro atoms. The van der Waals surface area contributed by atoms with Crippen molar-refractivity contribution in [3.8, 4) is 5.69 Å². The van der Waals surface area contributed by atoms with Crippen LogP contribution in [-0.2, 0) is 4.74 Å². The maximum absolute atomic E-state index is 11.5. The molecule has 16 heavy (non-hydrogen) atoms. The van der Waals surface area contributed by atoms with E-state index in [2.05, 4.69) is 19.8 Å². The second-order valence-electron chi connectivity index (χ2n) is 3.15. The van der Waals surface area contributed by atoms with Crippen LogP contribution < -0.4 is 0 Å². The number of hydrogen-bond donors (Lipinski definition) is 0. The van der Waals surface area contributed by atoms with Crippen molar-refractivity contribution >= 4 is 5.97 Å². The highest BCUT2D eigenvalue weighted by molar-refractivity contribution is 5.91. The van der Waals surface area contributed by atoms with Crippen molar-refractivity contribution in [2.45, 2.75) is 6.92 Å². The Hall–Kier alpha value is -2.24. The summed E-state index contributed by atoms with van der Waals surface area (Å²) in [6.07, 6.45) is 2.89. The lowest BCUT2D eigenvalue weighted by atomic mass is 10.2. The van der Waals surface area contributed by atoms with Crippen LogP contribution in [0.2, 0.25) is 0 Å². The van der Waals surface area contributed by atoms with Crippen molar-refractivity contribution in [3.05, 3.63) is 36.2 Å². The number of rotatable bonds is 2. The third-order valence-electron chi connectivity index (χ3n) is 2.06. The average molecular weight is 218 g/mol. The summed E-state index contributed by atoms with van der Waals surface area (Å²) in [5.41, 5.74) is 1.52. The van der Waals surface area contributed by atoms with E-state index in [1.165, 1.54) is 24.4 Å². The molecule has 0 bridgehead atoms. The molecule has 0 aliphatic heterocycles. The van der Waals surface area contributed by atoms with Crippen molar-refractivity contribution < 1.29 is 9.53 Å². The first-order chi connectivity index (χ1) is 7.72. The third kappa shape index (κ3) is 1.77. The van der Waals surface area contributed by atoms with Gasteiger partial charge in [0.05, 0.1) is 12.8 Å². The lowest BCUT2D eigenvalue weighted by molar-refractivity contribution is 0.0593. The highest BCUT2D eigenvalue weighted by atomic mass is 16.5. The van der Waals surface area contributed by atoms with E-state index in [0.717, 1.165) is 5.69 Å². The summed E-state index contributed by atoms with van der Waals surface area (Å²) in [7, 11) is 1.32. The quantitative estimate of drug-likeness (QED) is 0.696. The highest BCUT2D eigenvalue weighted by Crippen LogP contribution is 2.12. The predicted octanol–water partition coefficient (Wildman–Crippen LogP) is 0.757. The van der Waals surface area contributed by atoms with Crippen LogP contribution in [0.5, 0.6) is 0 Å². The van der Waals surface area contributed by atoms with E-state index in [9.17, 15) is 4.79 Å². The number of hydrogen-bond acceptors (Lipinski definition) is 5. The van der Waals surface area contributed by atoms with Gasteiger partial charge in [-0.1, -0.05) is 0 Å². The Morgan fingerprint density at radius 1 is 1.44 bits per heavy atom. The van der Waals surface area contributed by atoms with Gasteiger partial charge in [0.2, 0.25) is 0 Å². The number of methoxy groups -OCH3 is 1. The number of aromatic nitrogens is 4. The van der Waals surface area contributed by atoms with Crippen molar-refractivity contribution in [3.63, 3.8) is 0 Å². The average Bonchev–Trinajstić information content (AvgIpc) is 2.81. The molecule has 2 rings (SSSR count). The van der Waals surface area contributed by atoms with Gasteiger partial charge in [-0.15, -0.1) is 0 Å². The first-order valence-corrected chi connectivity index (χ1v) is 4.63. The molecule has 6 heteroatoms. The minimum absolute atomic E-state index is 0.230. The van der Waals surface area contributed by atoms with Gasteiger partial charge in [0.1, 0.15) is 12.7 Å². The Morgan fingerprint density at radius 3 is 2.88 bits per heavy atom. The van der Waals surface area contributed by atoms with Gasteiger partial charge in [0.25, 0.3) is 0 Å². The first-order valence-electron chi connectivity index (χ1n) is 4.63. The van der Waals surface area contributed by atoms with Crippen LogP contribution in [0.15, 0.2) is 24.8 Å². The van der Waals surface area contributed by atoms with Crippen molar-refractivity contribution in [2.24, 2.45) is 0 Å². The predicted molar refractivity (Wildman–Crippen MR) is 55.2 cm³/mol. The molecule has 0 atom stereocenters. The molecule has 2 aromatic rings. The maximum Gasteiger partial charge on any atom is 0.358 e. The van der Waals surface area contributed by atoms with Crippen LogP contribution in [0.25, 0.3) is 5.69 Å². The standard InChI is InChI=1S/C10H10N4O2/c1-7-3-4-8(14-6-11-5-12-14)9(13-7)10(15)16-2/h3-6H,1-2H3. The molecule has 2 heterocycles. The number of aryl methyl sites for hydroxylation is 1. The fraction of sp³-hybridized carbons (Fsp3) is 0.200. The second-order valence-corrected chi connectivity index (χ2v) is 3.15. The zero-order valence-electron chi connectivity index (χ0n) is 8.91. The zero-order chi connectivity index (χ0) is 11.5. The second kappa shape index (κ2) is 4.09. The number of carbonyl (C=O) groups excluding carboxylic acids is 1. The molecule has 0 aromatic carbocycles.